The highest BCUT2D eigenvalue weighted by Gasteiger charge is 2.18. The van der Waals surface area contributed by atoms with E-state index in [1.807, 2.05) is 0 Å². The summed E-state index contributed by atoms with van der Waals surface area (Å²) in [6, 6.07) is 4.37. The Kier molecular flexibility index (Phi) is 2.80. The van der Waals surface area contributed by atoms with E-state index in [2.05, 4.69) is 0 Å². The highest BCUT2D eigenvalue weighted by atomic mass is 32.2. The Morgan fingerprint density at radius 3 is 2.88 bits per heavy atom. The van der Waals surface area contributed by atoms with Crippen molar-refractivity contribution in [2.75, 3.05) is 0 Å². The van der Waals surface area contributed by atoms with Crippen molar-refractivity contribution in [1.29, 1.82) is 0 Å². The molecule has 1 heterocycles. The molecule has 0 unspecified atom stereocenters. The maximum absolute atomic E-state index is 12.6. The Balaban J connectivity index is 2.84. The van der Waals surface area contributed by atoms with Crippen molar-refractivity contribution >= 4 is 28.9 Å². The minimum Gasteiger partial charge on any atom is -0.392 e. The first-order valence-corrected chi connectivity index (χ1v) is 5.03. The molecule has 1 aromatic heterocycles. The van der Waals surface area contributed by atoms with E-state index >= 15 is 0 Å². The van der Waals surface area contributed by atoms with E-state index in [1.165, 1.54) is 18.3 Å². The maximum atomic E-state index is 12.6. The third-order valence-electron chi connectivity index (χ3n) is 2.29. The number of nitrogens with zero attached hydrogens (tertiary/aromatic N) is 2. The summed E-state index contributed by atoms with van der Waals surface area (Å²) in [5, 5.41) is 20.2. The van der Waals surface area contributed by atoms with Gasteiger partial charge < -0.3 is 5.11 Å². The van der Waals surface area contributed by atoms with Crippen LogP contribution in [0.15, 0.2) is 24.4 Å². The molecule has 84 valence electrons. The molecule has 0 spiro atoms. The maximum Gasteiger partial charge on any atom is 0.279 e. The van der Waals surface area contributed by atoms with Gasteiger partial charge >= 0.3 is 0 Å². The molecule has 2 rings (SSSR count). The first-order valence-electron chi connectivity index (χ1n) is 4.36. The lowest BCUT2D eigenvalue weighted by atomic mass is 10.1. The van der Waals surface area contributed by atoms with Crippen LogP contribution in [0, 0.1) is 10.1 Å². The lowest BCUT2D eigenvalue weighted by Gasteiger charge is -1.97. The summed E-state index contributed by atoms with van der Waals surface area (Å²) in [5.74, 6) is 0. The molecule has 0 fully saturated rings. The molecule has 5 nitrogen and oxygen atoms in total. The van der Waals surface area contributed by atoms with Crippen LogP contribution in [-0.4, -0.2) is 14.0 Å². The summed E-state index contributed by atoms with van der Waals surface area (Å²) in [7, 11) is 0. The normalized spacial score (nSPS) is 10.9. The van der Waals surface area contributed by atoms with Crippen molar-refractivity contribution in [2.24, 2.45) is 0 Å². The van der Waals surface area contributed by atoms with Gasteiger partial charge in [-0.2, -0.15) is 0 Å². The zero-order valence-electron chi connectivity index (χ0n) is 7.96. The number of aromatic nitrogens is 1. The van der Waals surface area contributed by atoms with Gasteiger partial charge in [0, 0.05) is 17.8 Å². The van der Waals surface area contributed by atoms with E-state index in [-0.39, 0.29) is 30.0 Å². The summed E-state index contributed by atoms with van der Waals surface area (Å²) in [6.07, 6.45) is 1.35. The van der Waals surface area contributed by atoms with Gasteiger partial charge in [-0.3, -0.25) is 14.1 Å². The molecule has 1 N–H and O–H groups in total. The lowest BCUT2D eigenvalue weighted by molar-refractivity contribution is -0.383. The number of aliphatic hydroxyl groups excluding tert-OH is 1. The predicted octanol–water partition coefficient (Wildman–Crippen LogP) is 2.42. The van der Waals surface area contributed by atoms with Crippen molar-refractivity contribution in [3.63, 3.8) is 0 Å². The van der Waals surface area contributed by atoms with Gasteiger partial charge in [-0.1, -0.05) is 6.07 Å². The van der Waals surface area contributed by atoms with Gasteiger partial charge in [-0.15, -0.1) is 3.89 Å². The molecule has 0 amide bonds. The van der Waals surface area contributed by atoms with Crippen LogP contribution in [0.2, 0.25) is 0 Å². The minimum atomic E-state index is -0.547. The molecule has 0 radical (unpaired) electrons. The average Bonchev–Trinajstić information content (AvgIpc) is 2.66. The van der Waals surface area contributed by atoms with Gasteiger partial charge in [-0.25, -0.2) is 0 Å². The summed E-state index contributed by atoms with van der Waals surface area (Å²) in [4.78, 5) is 10.2. The van der Waals surface area contributed by atoms with Crippen LogP contribution in [-0.2, 0) is 6.61 Å². The summed E-state index contributed by atoms with van der Waals surface area (Å²) in [6.45, 7) is -0.366. The minimum absolute atomic E-state index is 0.0621. The van der Waals surface area contributed by atoms with Crippen LogP contribution in [0.4, 0.5) is 9.57 Å². The molecule has 2 aromatic rings. The molecule has 0 bridgehead atoms. The van der Waals surface area contributed by atoms with Gasteiger partial charge in [0.15, 0.2) is 12.3 Å². The number of nitro benzene ring substituents is 1. The van der Waals surface area contributed by atoms with Crippen molar-refractivity contribution in [3.8, 4) is 0 Å². The van der Waals surface area contributed by atoms with Gasteiger partial charge in [0.25, 0.3) is 5.69 Å². The highest BCUT2D eigenvalue weighted by Crippen LogP contribution is 2.32. The van der Waals surface area contributed by atoms with Crippen LogP contribution >= 0.6 is 12.3 Å². The van der Waals surface area contributed by atoms with E-state index in [0.717, 1.165) is 3.97 Å². The quantitative estimate of drug-likeness (QED) is 0.663. The van der Waals surface area contributed by atoms with Crippen LogP contribution in [0.5, 0.6) is 0 Å². The number of hydrogen-bond acceptors (Lipinski definition) is 4. The van der Waals surface area contributed by atoms with E-state index in [4.69, 9.17) is 5.11 Å². The number of hydrogen-bond donors (Lipinski definition) is 1. The second-order valence-electron chi connectivity index (χ2n) is 3.14. The molecular formula is C9H7FN2O3S. The van der Waals surface area contributed by atoms with Gasteiger partial charge in [0.05, 0.1) is 22.4 Å². The number of aliphatic hydroxyl groups is 1. The SMILES string of the molecule is O=[N+]([O-])c1cccc2c1c(CO)cn2SF. The highest BCUT2D eigenvalue weighted by molar-refractivity contribution is 7.92. The summed E-state index contributed by atoms with van der Waals surface area (Å²) in [5.41, 5.74) is 0.590. The third-order valence-corrected chi connectivity index (χ3v) is 2.74. The number of non-ortho nitro benzene ring substituents is 1. The third kappa shape index (κ3) is 1.54. The number of halogens is 1. The fourth-order valence-electron chi connectivity index (χ4n) is 1.65. The molecule has 0 atom stereocenters. The molecule has 0 saturated carbocycles. The van der Waals surface area contributed by atoms with E-state index in [1.54, 1.807) is 6.07 Å². The smallest absolute Gasteiger partial charge is 0.279 e. The Bertz CT molecular complexity index is 555. The molecule has 0 aliphatic heterocycles. The van der Waals surface area contributed by atoms with Crippen LogP contribution in [0.3, 0.4) is 0 Å². The molecule has 0 aliphatic carbocycles. The predicted molar refractivity (Wildman–Crippen MR) is 58.6 cm³/mol. The van der Waals surface area contributed by atoms with Crippen LogP contribution in [0.25, 0.3) is 10.9 Å². The second kappa shape index (κ2) is 4.11. The monoisotopic (exact) mass is 242 g/mol. The Hall–Kier alpha value is -1.60. The Morgan fingerprint density at radius 1 is 1.56 bits per heavy atom. The Morgan fingerprint density at radius 2 is 2.31 bits per heavy atom. The summed E-state index contributed by atoms with van der Waals surface area (Å²) >= 11 is -0.0621. The first-order chi connectivity index (χ1) is 7.69. The van der Waals surface area contributed by atoms with Crippen molar-refractivity contribution in [2.45, 2.75) is 6.61 Å². The van der Waals surface area contributed by atoms with Gasteiger partial charge in [0.2, 0.25) is 0 Å². The molecule has 16 heavy (non-hydrogen) atoms. The van der Waals surface area contributed by atoms with Crippen molar-refractivity contribution in [1.82, 2.24) is 3.97 Å². The average molecular weight is 242 g/mol. The molecule has 7 heteroatoms. The van der Waals surface area contributed by atoms with Gasteiger partial charge in [0.1, 0.15) is 0 Å². The fourth-order valence-corrected chi connectivity index (χ4v) is 2.04. The van der Waals surface area contributed by atoms with E-state index < -0.39 is 4.92 Å². The Labute approximate surface area is 94.1 Å². The molecule has 0 aliphatic rings. The second-order valence-corrected chi connectivity index (χ2v) is 3.67. The van der Waals surface area contributed by atoms with Crippen LogP contribution < -0.4 is 0 Å². The van der Waals surface area contributed by atoms with Crippen LogP contribution in [0.1, 0.15) is 5.56 Å². The number of nitro groups is 1. The summed E-state index contributed by atoms with van der Waals surface area (Å²) < 4.78 is 13.7. The fraction of sp³-hybridized carbons (Fsp3) is 0.111. The van der Waals surface area contributed by atoms with Crippen molar-refractivity contribution < 1.29 is 13.9 Å². The standard InChI is InChI=1S/C9H7FN2O3S/c10-16-11-4-6(5-13)9-7(11)2-1-3-8(9)12(14)15/h1-4,13H,5H2. The number of fused-ring (bicyclic) bond motifs is 1. The first kappa shape index (κ1) is 10.9. The number of benzene rings is 1. The van der Waals surface area contributed by atoms with E-state index in [9.17, 15) is 14.0 Å². The molecule has 1 aromatic carbocycles. The zero-order valence-corrected chi connectivity index (χ0v) is 8.78. The lowest BCUT2D eigenvalue weighted by Crippen LogP contribution is -1.90. The van der Waals surface area contributed by atoms with Crippen molar-refractivity contribution in [3.05, 3.63) is 40.1 Å². The largest absolute Gasteiger partial charge is 0.392 e. The van der Waals surface area contributed by atoms with E-state index in [0.29, 0.717) is 11.1 Å². The zero-order chi connectivity index (χ0) is 11.7. The topological polar surface area (TPSA) is 68.3 Å². The van der Waals surface area contributed by atoms with Gasteiger partial charge in [-0.05, 0) is 6.07 Å². The number of rotatable bonds is 3. The molecular weight excluding hydrogens is 235 g/mol. The molecule has 0 saturated heterocycles.